The van der Waals surface area contributed by atoms with Crippen molar-refractivity contribution in [3.63, 3.8) is 0 Å². The first-order chi connectivity index (χ1) is 11.2. The van der Waals surface area contributed by atoms with Crippen LogP contribution in [0.5, 0.6) is 0 Å². The van der Waals surface area contributed by atoms with Crippen LogP contribution in [0, 0.1) is 0 Å². The predicted molar refractivity (Wildman–Crippen MR) is 94.3 cm³/mol. The lowest BCUT2D eigenvalue weighted by molar-refractivity contribution is 0.555. The first-order valence-corrected chi connectivity index (χ1v) is 8.20. The molecular weight excluding hydrogens is 312 g/mol. The van der Waals surface area contributed by atoms with E-state index in [1.165, 1.54) is 12.0 Å². The molecule has 2 N–H and O–H groups in total. The van der Waals surface area contributed by atoms with Gasteiger partial charge in [-0.2, -0.15) is 0 Å². The van der Waals surface area contributed by atoms with Crippen LogP contribution in [0.15, 0.2) is 51.7 Å². The Morgan fingerprint density at radius 3 is 2.74 bits per heavy atom. The third-order valence-corrected chi connectivity index (χ3v) is 4.12. The van der Waals surface area contributed by atoms with Crippen LogP contribution in [0.1, 0.15) is 24.8 Å². The number of halogens is 1. The zero-order valence-electron chi connectivity index (χ0n) is 12.8. The van der Waals surface area contributed by atoms with Crippen molar-refractivity contribution >= 4 is 28.4 Å². The molecule has 0 fully saturated rings. The Morgan fingerprint density at radius 2 is 1.91 bits per heavy atom. The van der Waals surface area contributed by atoms with Crippen molar-refractivity contribution in [3.8, 4) is 0 Å². The van der Waals surface area contributed by atoms with E-state index in [0.717, 1.165) is 31.5 Å². The fourth-order valence-electron chi connectivity index (χ4n) is 2.60. The van der Waals surface area contributed by atoms with E-state index in [2.05, 4.69) is 34.6 Å². The zero-order valence-corrected chi connectivity index (χ0v) is 13.5. The Labute approximate surface area is 139 Å². The highest BCUT2D eigenvalue weighted by Crippen LogP contribution is 2.26. The maximum absolute atomic E-state index is 11.2. The van der Waals surface area contributed by atoms with Crippen molar-refractivity contribution in [1.29, 1.82) is 0 Å². The van der Waals surface area contributed by atoms with Crippen molar-refractivity contribution in [2.24, 2.45) is 0 Å². The van der Waals surface area contributed by atoms with Crippen LogP contribution in [-0.2, 0) is 6.42 Å². The summed E-state index contributed by atoms with van der Waals surface area (Å²) in [5.41, 5.74) is 3.32. The molecule has 4 nitrogen and oxygen atoms in total. The van der Waals surface area contributed by atoms with Crippen molar-refractivity contribution in [3.05, 3.63) is 63.6 Å². The second kappa shape index (κ2) is 7.38. The summed E-state index contributed by atoms with van der Waals surface area (Å²) in [5, 5.41) is 3.89. The minimum atomic E-state index is -0.464. The molecule has 0 saturated carbocycles. The lowest BCUT2D eigenvalue weighted by atomic mass is 10.1. The molecule has 0 bridgehead atoms. The molecule has 1 aromatic heterocycles. The molecule has 23 heavy (non-hydrogen) atoms. The summed E-state index contributed by atoms with van der Waals surface area (Å²) in [5.74, 6) is -0.464. The van der Waals surface area contributed by atoms with Gasteiger partial charge in [-0.15, -0.1) is 0 Å². The van der Waals surface area contributed by atoms with E-state index in [1.807, 2.05) is 6.07 Å². The molecule has 0 spiro atoms. The van der Waals surface area contributed by atoms with Gasteiger partial charge in [0, 0.05) is 12.6 Å². The molecular formula is C18H19ClN2O2. The predicted octanol–water partition coefficient (Wildman–Crippen LogP) is 4.60. The van der Waals surface area contributed by atoms with Gasteiger partial charge in [-0.1, -0.05) is 48.4 Å². The topological polar surface area (TPSA) is 58.0 Å². The highest BCUT2D eigenvalue weighted by molar-refractivity contribution is 6.34. The monoisotopic (exact) mass is 330 g/mol. The van der Waals surface area contributed by atoms with Gasteiger partial charge in [-0.05, 0) is 30.9 Å². The lowest BCUT2D eigenvalue weighted by Crippen LogP contribution is -2.02. The average molecular weight is 331 g/mol. The molecule has 0 aliphatic rings. The summed E-state index contributed by atoms with van der Waals surface area (Å²) in [6, 6.07) is 14.0. The van der Waals surface area contributed by atoms with Crippen LogP contribution in [0.2, 0.25) is 5.02 Å². The van der Waals surface area contributed by atoms with Gasteiger partial charge < -0.3 is 9.73 Å². The van der Waals surface area contributed by atoms with Crippen molar-refractivity contribution < 1.29 is 4.42 Å². The minimum Gasteiger partial charge on any atom is -0.408 e. The lowest BCUT2D eigenvalue weighted by Gasteiger charge is -2.08. The highest BCUT2D eigenvalue weighted by atomic mass is 35.5. The van der Waals surface area contributed by atoms with Crippen LogP contribution in [0.4, 0.5) is 5.69 Å². The van der Waals surface area contributed by atoms with Gasteiger partial charge in [0.1, 0.15) is 0 Å². The third-order valence-electron chi connectivity index (χ3n) is 3.81. The number of hydrogen-bond acceptors (Lipinski definition) is 3. The number of anilines is 1. The molecule has 0 aliphatic heterocycles. The Bertz CT molecular complexity index is 824. The first kappa shape index (κ1) is 15.7. The summed E-state index contributed by atoms with van der Waals surface area (Å²) in [6.45, 7) is 0.842. The maximum atomic E-state index is 11.2. The molecule has 120 valence electrons. The molecule has 0 aliphatic carbocycles. The smallest absolute Gasteiger partial charge is 0.408 e. The fraction of sp³-hybridized carbons (Fsp3) is 0.278. The number of aromatic nitrogens is 1. The Morgan fingerprint density at radius 1 is 1.09 bits per heavy atom. The van der Waals surface area contributed by atoms with Crippen molar-refractivity contribution in [2.45, 2.75) is 25.7 Å². The molecule has 0 atom stereocenters. The maximum Gasteiger partial charge on any atom is 0.417 e. The summed E-state index contributed by atoms with van der Waals surface area (Å²) in [4.78, 5) is 13.8. The van der Waals surface area contributed by atoms with Gasteiger partial charge in [-0.25, -0.2) is 4.79 Å². The zero-order chi connectivity index (χ0) is 16.1. The number of aryl methyl sites for hydroxylation is 1. The Hall–Kier alpha value is -2.20. The average Bonchev–Trinajstić information content (AvgIpc) is 2.90. The van der Waals surface area contributed by atoms with Crippen LogP contribution >= 0.6 is 11.6 Å². The number of fused-ring (bicyclic) bond motifs is 1. The largest absolute Gasteiger partial charge is 0.417 e. The highest BCUT2D eigenvalue weighted by Gasteiger charge is 2.07. The first-order valence-electron chi connectivity index (χ1n) is 7.82. The van der Waals surface area contributed by atoms with E-state index in [4.69, 9.17) is 16.0 Å². The second-order valence-corrected chi connectivity index (χ2v) is 5.97. The van der Waals surface area contributed by atoms with Gasteiger partial charge in [0.25, 0.3) is 0 Å². The van der Waals surface area contributed by atoms with Crippen LogP contribution < -0.4 is 11.1 Å². The molecule has 0 unspecified atom stereocenters. The minimum absolute atomic E-state index is 0.464. The van der Waals surface area contributed by atoms with Gasteiger partial charge in [0.05, 0.1) is 16.2 Å². The molecule has 2 aromatic carbocycles. The van der Waals surface area contributed by atoms with Gasteiger partial charge >= 0.3 is 5.76 Å². The van der Waals surface area contributed by atoms with Gasteiger partial charge in [0.2, 0.25) is 0 Å². The number of H-pyrrole nitrogens is 1. The van der Waals surface area contributed by atoms with E-state index in [-0.39, 0.29) is 0 Å². The SMILES string of the molecule is O=c1[nH]c2cc(Cl)c(NCCCCCc3ccccc3)cc2o1. The van der Waals surface area contributed by atoms with Crippen LogP contribution in [0.3, 0.4) is 0 Å². The number of oxazole rings is 1. The quantitative estimate of drug-likeness (QED) is 0.622. The number of hydrogen-bond donors (Lipinski definition) is 2. The third kappa shape index (κ3) is 4.17. The van der Waals surface area contributed by atoms with Gasteiger partial charge in [0.15, 0.2) is 5.58 Å². The molecule has 0 radical (unpaired) electrons. The number of rotatable bonds is 7. The standard InChI is InChI=1S/C18H19ClN2O2/c19-14-11-16-17(23-18(22)21-16)12-15(14)20-10-6-2-5-9-13-7-3-1-4-8-13/h1,3-4,7-8,11-12,20H,2,5-6,9-10H2,(H,21,22). The second-order valence-electron chi connectivity index (χ2n) is 5.57. The fourth-order valence-corrected chi connectivity index (χ4v) is 2.84. The Balaban J connectivity index is 1.45. The molecule has 3 aromatic rings. The number of aromatic amines is 1. The molecule has 0 amide bonds. The summed E-state index contributed by atoms with van der Waals surface area (Å²) >= 11 is 6.21. The van der Waals surface area contributed by atoms with E-state index < -0.39 is 5.76 Å². The van der Waals surface area contributed by atoms with Gasteiger partial charge in [-0.3, -0.25) is 4.98 Å². The Kier molecular flexibility index (Phi) is 5.03. The van der Waals surface area contributed by atoms with E-state index in [9.17, 15) is 4.79 Å². The molecule has 5 heteroatoms. The summed E-state index contributed by atoms with van der Waals surface area (Å²) < 4.78 is 5.05. The van der Waals surface area contributed by atoms with E-state index in [0.29, 0.717) is 16.1 Å². The van der Waals surface area contributed by atoms with Crippen LogP contribution in [-0.4, -0.2) is 11.5 Å². The molecule has 1 heterocycles. The van der Waals surface area contributed by atoms with Crippen LogP contribution in [0.25, 0.3) is 11.1 Å². The van der Waals surface area contributed by atoms with E-state index >= 15 is 0 Å². The molecule has 0 saturated heterocycles. The molecule has 3 rings (SSSR count). The van der Waals surface area contributed by atoms with E-state index in [1.54, 1.807) is 12.1 Å². The van der Waals surface area contributed by atoms with Crippen molar-refractivity contribution in [2.75, 3.05) is 11.9 Å². The number of unbranched alkanes of at least 4 members (excludes halogenated alkanes) is 2. The summed E-state index contributed by atoms with van der Waals surface area (Å²) in [6.07, 6.45) is 4.51. The summed E-state index contributed by atoms with van der Waals surface area (Å²) in [7, 11) is 0. The number of nitrogens with one attached hydrogen (secondary N) is 2. The number of benzene rings is 2. The normalized spacial score (nSPS) is 11.0. The van der Waals surface area contributed by atoms with Crippen molar-refractivity contribution in [1.82, 2.24) is 4.98 Å².